The number of ether oxygens (including phenoxy) is 1. The number of hydrogen-bond donors (Lipinski definition) is 1. The summed E-state index contributed by atoms with van der Waals surface area (Å²) in [6, 6.07) is 7.28. The Bertz CT molecular complexity index is 711. The van der Waals surface area contributed by atoms with Crippen molar-refractivity contribution in [2.45, 2.75) is 26.2 Å². The summed E-state index contributed by atoms with van der Waals surface area (Å²) >= 11 is 7.69. The van der Waals surface area contributed by atoms with Crippen LogP contribution < -0.4 is 10.1 Å². The molecule has 0 saturated heterocycles. The fourth-order valence-corrected chi connectivity index (χ4v) is 4.12. The van der Waals surface area contributed by atoms with Crippen molar-refractivity contribution in [3.05, 3.63) is 44.6 Å². The highest BCUT2D eigenvalue weighted by Crippen LogP contribution is 2.33. The van der Waals surface area contributed by atoms with Gasteiger partial charge in [0.2, 0.25) is 0 Å². The molecular weight excluding hydrogens is 318 g/mol. The molecule has 0 bridgehead atoms. The fraction of sp³-hybridized carbons (Fsp3) is 0.353. The molecule has 1 N–H and O–H groups in total. The van der Waals surface area contributed by atoms with Crippen molar-refractivity contribution < 1.29 is 9.53 Å². The number of carbonyl (C=O) groups excluding carboxylic acids is 1. The zero-order valence-electron chi connectivity index (χ0n) is 12.6. The number of hydrogen-bond acceptors (Lipinski definition) is 3. The average molecular weight is 336 g/mol. The van der Waals surface area contributed by atoms with Gasteiger partial charge in [-0.15, -0.1) is 11.3 Å². The molecule has 0 radical (unpaired) electrons. The van der Waals surface area contributed by atoms with Crippen molar-refractivity contribution in [3.8, 4) is 5.75 Å². The second-order valence-electron chi connectivity index (χ2n) is 5.71. The molecule has 1 atom stereocenters. The Morgan fingerprint density at radius 3 is 2.95 bits per heavy atom. The van der Waals surface area contributed by atoms with Gasteiger partial charge in [0.1, 0.15) is 5.75 Å². The summed E-state index contributed by atoms with van der Waals surface area (Å²) in [6.07, 6.45) is 3.37. The number of fused-ring (bicyclic) bond motifs is 1. The summed E-state index contributed by atoms with van der Waals surface area (Å²) in [5.41, 5.74) is 2.01. The lowest BCUT2D eigenvalue weighted by atomic mass is 9.90. The van der Waals surface area contributed by atoms with E-state index in [4.69, 9.17) is 16.3 Å². The predicted molar refractivity (Wildman–Crippen MR) is 91.5 cm³/mol. The Kier molecular flexibility index (Phi) is 4.41. The Labute approximate surface area is 139 Å². The molecule has 1 aliphatic rings. The lowest BCUT2D eigenvalue weighted by molar-refractivity contribution is 0.103. The summed E-state index contributed by atoms with van der Waals surface area (Å²) in [5, 5.41) is 3.39. The Hall–Kier alpha value is -1.52. The van der Waals surface area contributed by atoms with E-state index in [-0.39, 0.29) is 5.91 Å². The van der Waals surface area contributed by atoms with Gasteiger partial charge >= 0.3 is 0 Å². The number of rotatable bonds is 3. The van der Waals surface area contributed by atoms with Crippen LogP contribution in [0.1, 0.15) is 33.5 Å². The van der Waals surface area contributed by atoms with E-state index in [2.05, 4.69) is 12.2 Å². The second kappa shape index (κ2) is 6.31. The predicted octanol–water partition coefficient (Wildman–Crippen LogP) is 4.79. The van der Waals surface area contributed by atoms with Gasteiger partial charge in [0.05, 0.1) is 17.0 Å². The molecule has 1 aromatic heterocycles. The quantitative estimate of drug-likeness (QED) is 0.876. The van der Waals surface area contributed by atoms with Crippen LogP contribution in [0.5, 0.6) is 5.75 Å². The highest BCUT2D eigenvalue weighted by molar-refractivity contribution is 7.14. The Balaban J connectivity index is 1.76. The first-order valence-corrected chi connectivity index (χ1v) is 8.52. The third-order valence-corrected chi connectivity index (χ3v) is 5.49. The van der Waals surface area contributed by atoms with Crippen molar-refractivity contribution in [2.24, 2.45) is 5.92 Å². The summed E-state index contributed by atoms with van der Waals surface area (Å²) < 4.78 is 5.11. The molecule has 0 spiro atoms. The van der Waals surface area contributed by atoms with E-state index in [1.807, 2.05) is 6.07 Å². The standard InChI is InChI=1S/C17H18ClNO2S/c1-10-3-6-15-11(7-10)8-16(22-15)17(20)19-12-4-5-14(21-2)13(18)9-12/h4-5,8-10H,3,6-7H2,1-2H3,(H,19,20)/t10-/m0/s1. The van der Waals surface area contributed by atoms with Crippen LogP contribution in [0.25, 0.3) is 0 Å². The number of benzene rings is 1. The molecule has 1 heterocycles. The van der Waals surface area contributed by atoms with Gasteiger partial charge in [-0.1, -0.05) is 18.5 Å². The van der Waals surface area contributed by atoms with E-state index in [9.17, 15) is 4.79 Å². The van der Waals surface area contributed by atoms with E-state index in [0.717, 1.165) is 17.7 Å². The van der Waals surface area contributed by atoms with Crippen LogP contribution >= 0.6 is 22.9 Å². The third-order valence-electron chi connectivity index (χ3n) is 3.96. The third kappa shape index (κ3) is 3.13. The van der Waals surface area contributed by atoms with Crippen LogP contribution in [0.2, 0.25) is 5.02 Å². The molecule has 1 aliphatic carbocycles. The van der Waals surface area contributed by atoms with Crippen molar-refractivity contribution in [1.29, 1.82) is 0 Å². The number of carbonyl (C=O) groups is 1. The normalized spacial score (nSPS) is 17.0. The maximum Gasteiger partial charge on any atom is 0.265 e. The fourth-order valence-electron chi connectivity index (χ4n) is 2.75. The van der Waals surface area contributed by atoms with Gasteiger partial charge in [-0.05, 0) is 55.0 Å². The van der Waals surface area contributed by atoms with Gasteiger partial charge in [-0.2, -0.15) is 0 Å². The van der Waals surface area contributed by atoms with Gasteiger partial charge in [0, 0.05) is 10.6 Å². The van der Waals surface area contributed by atoms with Crippen LogP contribution in [0.4, 0.5) is 5.69 Å². The molecule has 1 aromatic carbocycles. The molecule has 5 heteroatoms. The summed E-state index contributed by atoms with van der Waals surface area (Å²) in [5.74, 6) is 1.23. The maximum atomic E-state index is 12.4. The average Bonchev–Trinajstić information content (AvgIpc) is 2.90. The topological polar surface area (TPSA) is 38.3 Å². The lowest BCUT2D eigenvalue weighted by Crippen LogP contribution is -2.10. The van der Waals surface area contributed by atoms with Crippen molar-refractivity contribution in [3.63, 3.8) is 0 Å². The first kappa shape index (κ1) is 15.4. The summed E-state index contributed by atoms with van der Waals surface area (Å²) in [4.78, 5) is 14.5. The van der Waals surface area contributed by atoms with Gasteiger partial charge in [0.15, 0.2) is 0 Å². The molecule has 3 nitrogen and oxygen atoms in total. The van der Waals surface area contributed by atoms with Crippen molar-refractivity contribution >= 4 is 34.5 Å². The van der Waals surface area contributed by atoms with Gasteiger partial charge < -0.3 is 10.1 Å². The zero-order chi connectivity index (χ0) is 15.7. The number of thiophene rings is 1. The number of methoxy groups -OCH3 is 1. The number of amides is 1. The highest BCUT2D eigenvalue weighted by atomic mass is 35.5. The smallest absolute Gasteiger partial charge is 0.265 e. The van der Waals surface area contributed by atoms with Crippen LogP contribution in [0, 0.1) is 5.92 Å². The van der Waals surface area contributed by atoms with E-state index in [1.165, 1.54) is 16.9 Å². The molecule has 0 saturated carbocycles. The number of aryl methyl sites for hydroxylation is 1. The minimum Gasteiger partial charge on any atom is -0.495 e. The van der Waals surface area contributed by atoms with Gasteiger partial charge in [0.25, 0.3) is 5.91 Å². The molecule has 2 aromatic rings. The molecule has 0 fully saturated rings. The highest BCUT2D eigenvalue weighted by Gasteiger charge is 2.20. The minimum absolute atomic E-state index is 0.0757. The summed E-state index contributed by atoms with van der Waals surface area (Å²) in [7, 11) is 1.57. The van der Waals surface area contributed by atoms with Crippen molar-refractivity contribution in [2.75, 3.05) is 12.4 Å². The zero-order valence-corrected chi connectivity index (χ0v) is 14.2. The summed E-state index contributed by atoms with van der Waals surface area (Å²) in [6.45, 7) is 2.26. The molecule has 22 heavy (non-hydrogen) atoms. The molecule has 1 amide bonds. The largest absolute Gasteiger partial charge is 0.495 e. The molecular formula is C17H18ClNO2S. The van der Waals surface area contributed by atoms with E-state index < -0.39 is 0 Å². The van der Waals surface area contributed by atoms with Gasteiger partial charge in [-0.25, -0.2) is 0 Å². The minimum atomic E-state index is -0.0757. The van der Waals surface area contributed by atoms with Gasteiger partial charge in [-0.3, -0.25) is 4.79 Å². The second-order valence-corrected chi connectivity index (χ2v) is 7.25. The first-order valence-electron chi connectivity index (χ1n) is 7.33. The van der Waals surface area contributed by atoms with Crippen molar-refractivity contribution in [1.82, 2.24) is 0 Å². The van der Waals surface area contributed by atoms with Crippen LogP contribution in [-0.2, 0) is 12.8 Å². The lowest BCUT2D eigenvalue weighted by Gasteiger charge is -2.16. The molecule has 0 aliphatic heterocycles. The maximum absolute atomic E-state index is 12.4. The molecule has 0 unspecified atom stereocenters. The van der Waals surface area contributed by atoms with E-state index in [1.54, 1.807) is 36.6 Å². The Morgan fingerprint density at radius 2 is 2.23 bits per heavy atom. The number of anilines is 1. The molecule has 3 rings (SSSR count). The van der Waals surface area contributed by atoms with Crippen LogP contribution in [0.15, 0.2) is 24.3 Å². The number of halogens is 1. The van der Waals surface area contributed by atoms with Crippen LogP contribution in [0.3, 0.4) is 0 Å². The van der Waals surface area contributed by atoms with E-state index >= 15 is 0 Å². The van der Waals surface area contributed by atoms with Crippen LogP contribution in [-0.4, -0.2) is 13.0 Å². The van der Waals surface area contributed by atoms with E-state index in [0.29, 0.717) is 22.4 Å². The monoisotopic (exact) mass is 335 g/mol. The number of nitrogens with one attached hydrogen (secondary N) is 1. The SMILES string of the molecule is COc1ccc(NC(=O)c2cc3c(s2)CC[C@H](C)C3)cc1Cl. The first-order chi connectivity index (χ1) is 10.6. The Morgan fingerprint density at radius 1 is 1.41 bits per heavy atom. The molecule has 116 valence electrons.